The number of benzene rings is 1. The lowest BCUT2D eigenvalue weighted by Crippen LogP contribution is -2.50. The molecule has 2 amide bonds. The Labute approximate surface area is 194 Å². The molecule has 0 saturated carbocycles. The van der Waals surface area contributed by atoms with Gasteiger partial charge in [0.1, 0.15) is 5.60 Å². The monoisotopic (exact) mass is 458 g/mol. The van der Waals surface area contributed by atoms with Gasteiger partial charge in [0.2, 0.25) is 5.91 Å². The Morgan fingerprint density at radius 2 is 1.81 bits per heavy atom. The quantitative estimate of drug-likeness (QED) is 0.640. The summed E-state index contributed by atoms with van der Waals surface area (Å²) in [7, 11) is 0. The molecule has 0 atom stereocenters. The molecule has 1 fully saturated rings. The van der Waals surface area contributed by atoms with Gasteiger partial charge in [-0.25, -0.2) is 9.78 Å². The zero-order chi connectivity index (χ0) is 23.1. The van der Waals surface area contributed by atoms with Gasteiger partial charge in [-0.15, -0.1) is 11.3 Å². The van der Waals surface area contributed by atoms with E-state index in [1.807, 2.05) is 52.0 Å². The molecule has 174 valence electrons. The number of carbonyl (C=O) groups is 2. The average Bonchev–Trinajstić information content (AvgIpc) is 3.17. The van der Waals surface area contributed by atoms with Gasteiger partial charge in [0, 0.05) is 43.7 Å². The van der Waals surface area contributed by atoms with Crippen molar-refractivity contribution in [2.45, 2.75) is 46.1 Å². The number of thiazole rings is 1. The Bertz CT molecular complexity index is 897. The van der Waals surface area contributed by atoms with Crippen LogP contribution in [0.2, 0.25) is 0 Å². The minimum Gasteiger partial charge on any atom is -0.444 e. The number of hydrogen-bond donors (Lipinski definition) is 1. The highest BCUT2D eigenvalue weighted by atomic mass is 32.1. The van der Waals surface area contributed by atoms with Crippen LogP contribution in [-0.2, 0) is 16.0 Å². The second-order valence-corrected chi connectivity index (χ2v) is 10.2. The summed E-state index contributed by atoms with van der Waals surface area (Å²) >= 11 is 1.64. The van der Waals surface area contributed by atoms with Crippen LogP contribution in [0.3, 0.4) is 0 Å². The van der Waals surface area contributed by atoms with E-state index in [2.05, 4.69) is 20.6 Å². The largest absolute Gasteiger partial charge is 0.444 e. The third-order valence-electron chi connectivity index (χ3n) is 5.23. The summed E-state index contributed by atoms with van der Waals surface area (Å²) in [6.45, 7) is 12.2. The minimum atomic E-state index is -0.463. The molecule has 1 aliphatic rings. The van der Waals surface area contributed by atoms with Gasteiger partial charge in [-0.1, -0.05) is 24.3 Å². The van der Waals surface area contributed by atoms with E-state index in [1.54, 1.807) is 16.2 Å². The number of carbonyl (C=O) groups excluding carboxylic acids is 2. The molecule has 1 saturated heterocycles. The summed E-state index contributed by atoms with van der Waals surface area (Å²) in [5.41, 5.74) is 2.59. The number of nitrogens with one attached hydrogen (secondary N) is 1. The van der Waals surface area contributed by atoms with E-state index in [0.29, 0.717) is 26.1 Å². The molecule has 1 aliphatic heterocycles. The number of amides is 2. The van der Waals surface area contributed by atoms with Crippen molar-refractivity contribution < 1.29 is 14.3 Å². The molecular formula is C24H34N4O3S. The number of ether oxygens (including phenoxy) is 1. The van der Waals surface area contributed by atoms with Crippen molar-refractivity contribution in [2.24, 2.45) is 0 Å². The van der Waals surface area contributed by atoms with Crippen molar-refractivity contribution in [3.05, 3.63) is 40.2 Å². The molecule has 3 rings (SSSR count). The van der Waals surface area contributed by atoms with E-state index >= 15 is 0 Å². The molecular weight excluding hydrogens is 424 g/mol. The summed E-state index contributed by atoms with van der Waals surface area (Å²) in [4.78, 5) is 33.0. The van der Waals surface area contributed by atoms with Crippen LogP contribution in [0, 0.1) is 6.92 Å². The lowest BCUT2D eigenvalue weighted by Gasteiger charge is -2.35. The second-order valence-electron chi connectivity index (χ2n) is 9.14. The summed E-state index contributed by atoms with van der Waals surface area (Å²) < 4.78 is 5.43. The Morgan fingerprint density at radius 3 is 2.41 bits per heavy atom. The molecule has 0 radical (unpaired) electrons. The maximum Gasteiger partial charge on any atom is 0.410 e. The lowest BCUT2D eigenvalue weighted by atomic mass is 10.1. The summed E-state index contributed by atoms with van der Waals surface area (Å²) in [5, 5.41) is 6.11. The lowest BCUT2D eigenvalue weighted by molar-refractivity contribution is -0.120. The first kappa shape index (κ1) is 24.2. The predicted octanol–water partition coefficient (Wildman–Crippen LogP) is 3.72. The minimum absolute atomic E-state index is 0.0389. The number of rotatable bonds is 7. The molecule has 2 aromatic rings. The maximum atomic E-state index is 12.3. The Balaban J connectivity index is 1.31. The van der Waals surface area contributed by atoms with Crippen LogP contribution in [0.5, 0.6) is 0 Å². The Kier molecular flexibility index (Phi) is 8.26. The van der Waals surface area contributed by atoms with Gasteiger partial charge >= 0.3 is 6.09 Å². The van der Waals surface area contributed by atoms with Gasteiger partial charge in [0.15, 0.2) is 0 Å². The predicted molar refractivity (Wildman–Crippen MR) is 128 cm³/mol. The maximum absolute atomic E-state index is 12.3. The molecule has 2 heterocycles. The van der Waals surface area contributed by atoms with Gasteiger partial charge < -0.3 is 15.0 Å². The van der Waals surface area contributed by atoms with Crippen LogP contribution in [0.4, 0.5) is 4.79 Å². The van der Waals surface area contributed by atoms with Gasteiger partial charge in [-0.05, 0) is 46.2 Å². The first-order valence-electron chi connectivity index (χ1n) is 11.2. The van der Waals surface area contributed by atoms with Crippen LogP contribution in [0.25, 0.3) is 11.3 Å². The topological polar surface area (TPSA) is 74.8 Å². The number of hydrogen-bond acceptors (Lipinski definition) is 6. The molecule has 8 heteroatoms. The first-order chi connectivity index (χ1) is 15.2. The summed E-state index contributed by atoms with van der Waals surface area (Å²) in [5.74, 6) is 0.0389. The molecule has 1 aromatic heterocycles. The summed E-state index contributed by atoms with van der Waals surface area (Å²) in [6, 6.07) is 8.03. The number of aromatic nitrogens is 1. The van der Waals surface area contributed by atoms with Crippen molar-refractivity contribution in [1.82, 2.24) is 20.1 Å². The highest BCUT2D eigenvalue weighted by molar-refractivity contribution is 7.09. The van der Waals surface area contributed by atoms with E-state index in [0.717, 1.165) is 47.9 Å². The van der Waals surface area contributed by atoms with Crippen LogP contribution in [-0.4, -0.2) is 71.7 Å². The molecule has 1 N–H and O–H groups in total. The summed E-state index contributed by atoms with van der Waals surface area (Å²) in [6.07, 6.45) is 1.03. The fourth-order valence-electron chi connectivity index (χ4n) is 3.55. The van der Waals surface area contributed by atoms with Crippen molar-refractivity contribution in [3.8, 4) is 11.3 Å². The highest BCUT2D eigenvalue weighted by Gasteiger charge is 2.25. The van der Waals surface area contributed by atoms with Gasteiger partial charge in [-0.2, -0.15) is 0 Å². The molecule has 32 heavy (non-hydrogen) atoms. The van der Waals surface area contributed by atoms with Crippen molar-refractivity contribution in [1.29, 1.82) is 0 Å². The number of piperazine rings is 1. The van der Waals surface area contributed by atoms with E-state index < -0.39 is 5.60 Å². The molecule has 0 bridgehead atoms. The molecule has 0 unspecified atom stereocenters. The SMILES string of the molecule is Cc1nc(-c2ccc(CC(=O)NCCCN3CCN(C(=O)OC(C)(C)C)CC3)cc2)cs1. The van der Waals surface area contributed by atoms with Crippen LogP contribution >= 0.6 is 11.3 Å². The highest BCUT2D eigenvalue weighted by Crippen LogP contribution is 2.22. The van der Waals surface area contributed by atoms with Crippen LogP contribution < -0.4 is 5.32 Å². The zero-order valence-electron chi connectivity index (χ0n) is 19.5. The smallest absolute Gasteiger partial charge is 0.410 e. The zero-order valence-corrected chi connectivity index (χ0v) is 20.3. The van der Waals surface area contributed by atoms with Gasteiger partial charge in [-0.3, -0.25) is 9.69 Å². The molecule has 0 spiro atoms. The third-order valence-corrected chi connectivity index (χ3v) is 6.00. The number of nitrogens with zero attached hydrogens (tertiary/aromatic N) is 3. The molecule has 0 aliphatic carbocycles. The fourth-order valence-corrected chi connectivity index (χ4v) is 4.17. The normalized spacial score (nSPS) is 14.9. The van der Waals surface area contributed by atoms with Crippen LogP contribution in [0.15, 0.2) is 29.6 Å². The van der Waals surface area contributed by atoms with Crippen molar-refractivity contribution >= 4 is 23.3 Å². The van der Waals surface area contributed by atoms with Crippen LogP contribution in [0.1, 0.15) is 37.8 Å². The molecule has 1 aromatic carbocycles. The van der Waals surface area contributed by atoms with E-state index in [9.17, 15) is 9.59 Å². The van der Waals surface area contributed by atoms with E-state index in [-0.39, 0.29) is 12.0 Å². The average molecular weight is 459 g/mol. The van der Waals surface area contributed by atoms with Gasteiger partial charge in [0.25, 0.3) is 0 Å². The first-order valence-corrected chi connectivity index (χ1v) is 12.1. The Morgan fingerprint density at radius 1 is 1.12 bits per heavy atom. The van der Waals surface area contributed by atoms with Crippen molar-refractivity contribution in [3.63, 3.8) is 0 Å². The number of aryl methyl sites for hydroxylation is 1. The van der Waals surface area contributed by atoms with E-state index in [1.165, 1.54) is 0 Å². The second kappa shape index (κ2) is 10.9. The van der Waals surface area contributed by atoms with E-state index in [4.69, 9.17) is 4.74 Å². The third kappa shape index (κ3) is 7.60. The van der Waals surface area contributed by atoms with Gasteiger partial charge in [0.05, 0.1) is 17.1 Å². The van der Waals surface area contributed by atoms with Crippen molar-refractivity contribution in [2.75, 3.05) is 39.3 Å². The molecule has 7 nitrogen and oxygen atoms in total. The Hall–Kier alpha value is -2.45. The standard InChI is InChI=1S/C24H34N4O3S/c1-18-26-21(17-32-18)20-8-6-19(7-9-20)16-22(29)25-10-5-11-27-12-14-28(15-13-27)23(30)31-24(2,3)4/h6-9,17H,5,10-16H2,1-4H3,(H,25,29). The fraction of sp³-hybridized carbons (Fsp3) is 0.542.